The Labute approximate surface area is 103 Å². The van der Waals surface area contributed by atoms with Crippen molar-refractivity contribution in [2.45, 2.75) is 58.8 Å². The molecule has 2 atom stereocenters. The van der Waals surface area contributed by atoms with E-state index in [1.54, 1.807) is 0 Å². The van der Waals surface area contributed by atoms with Gasteiger partial charge in [0.25, 0.3) is 0 Å². The van der Waals surface area contributed by atoms with E-state index in [9.17, 15) is 5.11 Å². The van der Waals surface area contributed by atoms with Gasteiger partial charge in [-0.25, -0.2) is 0 Å². The van der Waals surface area contributed by atoms with Crippen LogP contribution in [0.1, 0.15) is 39.2 Å². The monoisotopic (exact) mass is 237 g/mol. The first-order valence-electron chi connectivity index (χ1n) is 6.46. The number of aromatic nitrogens is 2. The number of hydrogen-bond donors (Lipinski definition) is 2. The maximum absolute atomic E-state index is 9.66. The summed E-state index contributed by atoms with van der Waals surface area (Å²) in [5.74, 6) is 0. The van der Waals surface area contributed by atoms with Crippen LogP contribution in [0.25, 0.3) is 0 Å². The molecule has 1 saturated carbocycles. The topological polar surface area (TPSA) is 50.1 Å². The van der Waals surface area contributed by atoms with Crippen molar-refractivity contribution in [1.29, 1.82) is 0 Å². The fourth-order valence-corrected chi connectivity index (χ4v) is 2.34. The molecule has 0 aromatic carbocycles. The Bertz CT molecular complexity index is 372. The van der Waals surface area contributed by atoms with E-state index >= 15 is 0 Å². The zero-order valence-corrected chi connectivity index (χ0v) is 11.0. The van der Waals surface area contributed by atoms with E-state index in [1.165, 1.54) is 5.56 Å². The van der Waals surface area contributed by atoms with Crippen molar-refractivity contribution in [2.75, 3.05) is 0 Å². The van der Waals surface area contributed by atoms with Crippen LogP contribution in [-0.4, -0.2) is 27.0 Å². The van der Waals surface area contributed by atoms with Gasteiger partial charge in [-0.2, -0.15) is 5.10 Å². The number of hydrogen-bond acceptors (Lipinski definition) is 3. The number of nitrogens with one attached hydrogen (secondary N) is 1. The fourth-order valence-electron chi connectivity index (χ4n) is 2.34. The van der Waals surface area contributed by atoms with Crippen LogP contribution in [-0.2, 0) is 13.1 Å². The average Bonchev–Trinajstić information content (AvgIpc) is 2.72. The molecule has 0 radical (unpaired) electrons. The summed E-state index contributed by atoms with van der Waals surface area (Å²) in [5, 5.41) is 17.5. The first kappa shape index (κ1) is 12.6. The van der Waals surface area contributed by atoms with Crippen LogP contribution in [0.3, 0.4) is 0 Å². The van der Waals surface area contributed by atoms with Crippen LogP contribution < -0.4 is 5.32 Å². The molecule has 2 rings (SSSR count). The lowest BCUT2D eigenvalue weighted by Gasteiger charge is -2.49. The van der Waals surface area contributed by atoms with Crippen molar-refractivity contribution in [3.05, 3.63) is 18.0 Å². The van der Waals surface area contributed by atoms with E-state index in [4.69, 9.17) is 0 Å². The third-order valence-electron chi connectivity index (χ3n) is 3.91. The van der Waals surface area contributed by atoms with Gasteiger partial charge >= 0.3 is 0 Å². The van der Waals surface area contributed by atoms with Crippen LogP contribution in [0, 0.1) is 5.41 Å². The minimum Gasteiger partial charge on any atom is -0.392 e. The highest BCUT2D eigenvalue weighted by Gasteiger charge is 2.46. The molecule has 17 heavy (non-hydrogen) atoms. The molecule has 1 aromatic heterocycles. The molecule has 1 aliphatic carbocycles. The summed E-state index contributed by atoms with van der Waals surface area (Å²) < 4.78 is 1.98. The zero-order valence-electron chi connectivity index (χ0n) is 11.0. The molecule has 2 N–H and O–H groups in total. The molecule has 1 aromatic rings. The summed E-state index contributed by atoms with van der Waals surface area (Å²) in [6.45, 7) is 8.19. The first-order chi connectivity index (χ1) is 8.04. The maximum Gasteiger partial charge on any atom is 0.0621 e. The van der Waals surface area contributed by atoms with Gasteiger partial charge in [-0.15, -0.1) is 0 Å². The molecule has 1 heterocycles. The third-order valence-corrected chi connectivity index (χ3v) is 3.91. The van der Waals surface area contributed by atoms with Gasteiger partial charge in [0, 0.05) is 36.3 Å². The van der Waals surface area contributed by atoms with E-state index < -0.39 is 0 Å². The predicted molar refractivity (Wildman–Crippen MR) is 67.6 cm³/mol. The van der Waals surface area contributed by atoms with Gasteiger partial charge in [-0.05, 0) is 12.8 Å². The lowest BCUT2D eigenvalue weighted by molar-refractivity contribution is -0.0729. The van der Waals surface area contributed by atoms with E-state index in [0.29, 0.717) is 6.04 Å². The lowest BCUT2D eigenvalue weighted by Crippen LogP contribution is -2.59. The Balaban J connectivity index is 1.82. The molecular formula is C13H23N3O. The predicted octanol–water partition coefficient (Wildman–Crippen LogP) is 1.54. The summed E-state index contributed by atoms with van der Waals surface area (Å²) in [4.78, 5) is 0. The number of rotatable bonds is 5. The Morgan fingerprint density at radius 1 is 1.59 bits per heavy atom. The summed E-state index contributed by atoms with van der Waals surface area (Å²) in [6.07, 6.45) is 5.82. The summed E-state index contributed by atoms with van der Waals surface area (Å²) >= 11 is 0. The number of aliphatic hydroxyl groups excluding tert-OH is 1. The molecule has 96 valence electrons. The molecule has 0 bridgehead atoms. The van der Waals surface area contributed by atoms with E-state index in [1.807, 2.05) is 10.9 Å². The molecule has 0 saturated heterocycles. The van der Waals surface area contributed by atoms with Crippen molar-refractivity contribution < 1.29 is 5.11 Å². The number of nitrogens with zero attached hydrogens (tertiary/aromatic N) is 2. The smallest absolute Gasteiger partial charge is 0.0621 e. The standard InChI is InChI=1S/C13H23N3O/c1-4-5-16-9-10(8-15-16)7-14-11-6-12(17)13(11,2)3/h8-9,11-12,14,17H,4-7H2,1-3H3. The van der Waals surface area contributed by atoms with Crippen molar-refractivity contribution >= 4 is 0 Å². The fraction of sp³-hybridized carbons (Fsp3) is 0.769. The van der Waals surface area contributed by atoms with Crippen LogP contribution in [0.2, 0.25) is 0 Å². The second-order valence-electron chi connectivity index (χ2n) is 5.62. The van der Waals surface area contributed by atoms with Gasteiger partial charge < -0.3 is 10.4 Å². The normalized spacial score (nSPS) is 26.8. The Kier molecular flexibility index (Phi) is 3.54. The highest BCUT2D eigenvalue weighted by Crippen LogP contribution is 2.40. The van der Waals surface area contributed by atoms with E-state index in [0.717, 1.165) is 25.9 Å². The second-order valence-corrected chi connectivity index (χ2v) is 5.62. The molecule has 0 amide bonds. The highest BCUT2D eigenvalue weighted by molar-refractivity contribution is 5.07. The summed E-state index contributed by atoms with van der Waals surface area (Å²) in [6, 6.07) is 0.409. The van der Waals surface area contributed by atoms with Crippen molar-refractivity contribution in [2.24, 2.45) is 5.41 Å². The Morgan fingerprint density at radius 2 is 2.35 bits per heavy atom. The summed E-state index contributed by atoms with van der Waals surface area (Å²) in [7, 11) is 0. The van der Waals surface area contributed by atoms with Gasteiger partial charge in [0.2, 0.25) is 0 Å². The van der Waals surface area contributed by atoms with Gasteiger partial charge in [-0.1, -0.05) is 20.8 Å². The molecule has 0 aliphatic heterocycles. The van der Waals surface area contributed by atoms with Crippen LogP contribution in [0.5, 0.6) is 0 Å². The van der Waals surface area contributed by atoms with E-state index in [-0.39, 0.29) is 11.5 Å². The van der Waals surface area contributed by atoms with Crippen molar-refractivity contribution in [3.63, 3.8) is 0 Å². The van der Waals surface area contributed by atoms with Crippen LogP contribution in [0.4, 0.5) is 0 Å². The number of aliphatic hydroxyl groups is 1. The average molecular weight is 237 g/mol. The SMILES string of the molecule is CCCn1cc(CNC2CC(O)C2(C)C)cn1. The zero-order chi connectivity index (χ0) is 12.5. The Hall–Kier alpha value is -0.870. The highest BCUT2D eigenvalue weighted by atomic mass is 16.3. The molecule has 4 nitrogen and oxygen atoms in total. The van der Waals surface area contributed by atoms with Gasteiger partial charge in [0.05, 0.1) is 12.3 Å². The van der Waals surface area contributed by atoms with E-state index in [2.05, 4.69) is 37.4 Å². The van der Waals surface area contributed by atoms with Gasteiger partial charge in [-0.3, -0.25) is 4.68 Å². The van der Waals surface area contributed by atoms with Gasteiger partial charge in [0.1, 0.15) is 0 Å². The third kappa shape index (κ3) is 2.53. The summed E-state index contributed by atoms with van der Waals surface area (Å²) in [5.41, 5.74) is 1.22. The quantitative estimate of drug-likeness (QED) is 0.817. The molecule has 4 heteroatoms. The lowest BCUT2D eigenvalue weighted by atomic mass is 9.64. The Morgan fingerprint density at radius 3 is 2.94 bits per heavy atom. The molecule has 1 aliphatic rings. The van der Waals surface area contributed by atoms with Crippen LogP contribution >= 0.6 is 0 Å². The minimum atomic E-state index is -0.164. The second kappa shape index (κ2) is 4.78. The van der Waals surface area contributed by atoms with Crippen molar-refractivity contribution in [3.8, 4) is 0 Å². The van der Waals surface area contributed by atoms with Crippen molar-refractivity contribution in [1.82, 2.24) is 15.1 Å². The van der Waals surface area contributed by atoms with Crippen LogP contribution in [0.15, 0.2) is 12.4 Å². The number of aryl methyl sites for hydroxylation is 1. The first-order valence-corrected chi connectivity index (χ1v) is 6.46. The molecule has 2 unspecified atom stereocenters. The largest absolute Gasteiger partial charge is 0.392 e. The maximum atomic E-state index is 9.66. The molecule has 1 fully saturated rings. The van der Waals surface area contributed by atoms with Gasteiger partial charge in [0.15, 0.2) is 0 Å². The molecule has 0 spiro atoms. The minimum absolute atomic E-state index is 0.000583. The molecular weight excluding hydrogens is 214 g/mol.